The van der Waals surface area contributed by atoms with Gasteiger partial charge in [0.25, 0.3) is 11.8 Å². The Morgan fingerprint density at radius 1 is 1.18 bits per heavy atom. The highest BCUT2D eigenvalue weighted by molar-refractivity contribution is 7.08. The van der Waals surface area contributed by atoms with Crippen molar-refractivity contribution in [3.63, 3.8) is 0 Å². The summed E-state index contributed by atoms with van der Waals surface area (Å²) in [5.74, 6) is -1.27. The number of nitrogens with one attached hydrogen (secondary N) is 2. The van der Waals surface area contributed by atoms with Crippen molar-refractivity contribution in [2.75, 3.05) is 19.0 Å². The van der Waals surface area contributed by atoms with Crippen LogP contribution in [0.25, 0.3) is 0 Å². The van der Waals surface area contributed by atoms with Crippen molar-refractivity contribution >= 4 is 34.8 Å². The smallest absolute Gasteiger partial charge is 0.339 e. The van der Waals surface area contributed by atoms with Crippen LogP contribution in [0.1, 0.15) is 20.7 Å². The number of thiophene rings is 1. The Morgan fingerprint density at radius 2 is 2.00 bits per heavy atom. The second-order valence-electron chi connectivity index (χ2n) is 4.30. The van der Waals surface area contributed by atoms with Gasteiger partial charge >= 0.3 is 5.97 Å². The van der Waals surface area contributed by atoms with Gasteiger partial charge in [-0.05, 0) is 29.6 Å². The van der Waals surface area contributed by atoms with Crippen LogP contribution in [0.2, 0.25) is 0 Å². The van der Waals surface area contributed by atoms with Gasteiger partial charge in [-0.1, -0.05) is 6.07 Å². The van der Waals surface area contributed by atoms with Gasteiger partial charge in [0, 0.05) is 23.7 Å². The standard InChI is InChI=1S/C15H14N2O4S/c1-16-14(19)10-3-2-4-12(7-10)17-13(18)8-21-15(20)11-5-6-22-9-11/h2-7,9H,8H2,1H3,(H,16,19)(H,17,18). The molecule has 0 spiro atoms. The first-order valence-corrected chi connectivity index (χ1v) is 7.35. The molecule has 0 unspecified atom stereocenters. The van der Waals surface area contributed by atoms with E-state index in [0.29, 0.717) is 16.8 Å². The highest BCUT2D eigenvalue weighted by Gasteiger charge is 2.11. The van der Waals surface area contributed by atoms with E-state index in [2.05, 4.69) is 10.6 Å². The predicted octanol–water partition coefficient (Wildman–Crippen LogP) is 1.90. The average Bonchev–Trinajstić information content (AvgIpc) is 3.06. The number of ether oxygens (including phenoxy) is 1. The van der Waals surface area contributed by atoms with Gasteiger partial charge in [0.15, 0.2) is 6.61 Å². The maximum atomic E-state index is 11.8. The van der Waals surface area contributed by atoms with Crippen LogP contribution in [0.3, 0.4) is 0 Å². The lowest BCUT2D eigenvalue weighted by molar-refractivity contribution is -0.119. The van der Waals surface area contributed by atoms with Crippen LogP contribution < -0.4 is 10.6 Å². The Hall–Kier alpha value is -2.67. The zero-order chi connectivity index (χ0) is 15.9. The maximum absolute atomic E-state index is 11.8. The van der Waals surface area contributed by atoms with Crippen molar-refractivity contribution in [3.8, 4) is 0 Å². The maximum Gasteiger partial charge on any atom is 0.339 e. The minimum Gasteiger partial charge on any atom is -0.452 e. The molecule has 0 saturated heterocycles. The fraction of sp³-hybridized carbons (Fsp3) is 0.133. The summed E-state index contributed by atoms with van der Waals surface area (Å²) in [6.45, 7) is -0.390. The molecule has 0 aliphatic carbocycles. The molecule has 0 aliphatic rings. The lowest BCUT2D eigenvalue weighted by atomic mass is 10.2. The second kappa shape index (κ2) is 7.37. The third-order valence-electron chi connectivity index (χ3n) is 2.73. The van der Waals surface area contributed by atoms with E-state index in [1.54, 1.807) is 35.0 Å². The number of hydrogen-bond donors (Lipinski definition) is 2. The first-order valence-electron chi connectivity index (χ1n) is 6.41. The first-order chi connectivity index (χ1) is 10.6. The summed E-state index contributed by atoms with van der Waals surface area (Å²) in [6.07, 6.45) is 0. The third kappa shape index (κ3) is 4.16. The highest BCUT2D eigenvalue weighted by Crippen LogP contribution is 2.11. The minimum atomic E-state index is -0.546. The van der Waals surface area contributed by atoms with Crippen molar-refractivity contribution in [1.29, 1.82) is 0 Å². The topological polar surface area (TPSA) is 84.5 Å². The minimum absolute atomic E-state index is 0.250. The second-order valence-corrected chi connectivity index (χ2v) is 5.08. The van der Waals surface area contributed by atoms with Gasteiger partial charge in [0.05, 0.1) is 5.56 Å². The fourth-order valence-electron chi connectivity index (χ4n) is 1.67. The molecule has 0 aliphatic heterocycles. The molecular weight excluding hydrogens is 304 g/mol. The van der Waals surface area contributed by atoms with E-state index in [4.69, 9.17) is 4.74 Å². The van der Waals surface area contributed by atoms with Crippen LogP contribution >= 0.6 is 11.3 Å². The summed E-state index contributed by atoms with van der Waals surface area (Å²) < 4.78 is 4.90. The Morgan fingerprint density at radius 3 is 2.68 bits per heavy atom. The SMILES string of the molecule is CNC(=O)c1cccc(NC(=O)COC(=O)c2ccsc2)c1. The third-order valence-corrected chi connectivity index (χ3v) is 3.41. The predicted molar refractivity (Wildman–Crippen MR) is 83.1 cm³/mol. The molecule has 114 valence electrons. The van der Waals surface area contributed by atoms with Crippen LogP contribution in [0.5, 0.6) is 0 Å². The van der Waals surface area contributed by atoms with Crippen LogP contribution in [-0.4, -0.2) is 31.4 Å². The van der Waals surface area contributed by atoms with Gasteiger partial charge < -0.3 is 15.4 Å². The van der Waals surface area contributed by atoms with Gasteiger partial charge in [0.2, 0.25) is 0 Å². The Bertz CT molecular complexity index is 683. The highest BCUT2D eigenvalue weighted by atomic mass is 32.1. The van der Waals surface area contributed by atoms with Crippen molar-refractivity contribution in [1.82, 2.24) is 5.32 Å². The van der Waals surface area contributed by atoms with E-state index in [0.717, 1.165) is 0 Å². The van der Waals surface area contributed by atoms with E-state index >= 15 is 0 Å². The summed E-state index contributed by atoms with van der Waals surface area (Å²) in [5, 5.41) is 8.46. The lowest BCUT2D eigenvalue weighted by Crippen LogP contribution is -2.21. The van der Waals surface area contributed by atoms with Gasteiger partial charge in [-0.3, -0.25) is 9.59 Å². The van der Waals surface area contributed by atoms with Crippen molar-refractivity contribution in [3.05, 3.63) is 52.2 Å². The number of carbonyl (C=O) groups is 3. The van der Waals surface area contributed by atoms with Gasteiger partial charge in [-0.2, -0.15) is 11.3 Å². The summed E-state index contributed by atoms with van der Waals surface area (Å²) in [4.78, 5) is 34.9. The normalized spacial score (nSPS) is 9.86. The number of benzene rings is 1. The van der Waals surface area contributed by atoms with Crippen LogP contribution in [0.15, 0.2) is 41.1 Å². The number of anilines is 1. The molecular formula is C15H14N2O4S. The van der Waals surface area contributed by atoms with E-state index < -0.39 is 11.9 Å². The van der Waals surface area contributed by atoms with Crippen LogP contribution in [-0.2, 0) is 9.53 Å². The van der Waals surface area contributed by atoms with Gasteiger partial charge in [-0.15, -0.1) is 0 Å². The molecule has 2 N–H and O–H groups in total. The largest absolute Gasteiger partial charge is 0.452 e. The van der Waals surface area contributed by atoms with Gasteiger partial charge in [-0.25, -0.2) is 4.79 Å². The summed E-state index contributed by atoms with van der Waals surface area (Å²) in [7, 11) is 1.53. The van der Waals surface area contributed by atoms with E-state index in [1.165, 1.54) is 24.5 Å². The Labute approximate surface area is 131 Å². The zero-order valence-electron chi connectivity index (χ0n) is 11.8. The first kappa shape index (κ1) is 15.7. The number of carbonyl (C=O) groups excluding carboxylic acids is 3. The fourth-order valence-corrected chi connectivity index (χ4v) is 2.30. The molecule has 0 fully saturated rings. The molecule has 0 atom stereocenters. The van der Waals surface area contributed by atoms with Crippen LogP contribution in [0, 0.1) is 0 Å². The number of hydrogen-bond acceptors (Lipinski definition) is 5. The molecule has 22 heavy (non-hydrogen) atoms. The van der Waals surface area contributed by atoms with E-state index in [1.807, 2.05) is 0 Å². The summed E-state index contributed by atoms with van der Waals surface area (Å²) >= 11 is 1.37. The number of amides is 2. The van der Waals surface area contributed by atoms with Crippen molar-refractivity contribution in [2.45, 2.75) is 0 Å². The van der Waals surface area contributed by atoms with E-state index in [-0.39, 0.29) is 12.5 Å². The van der Waals surface area contributed by atoms with E-state index in [9.17, 15) is 14.4 Å². The van der Waals surface area contributed by atoms with Gasteiger partial charge in [0.1, 0.15) is 0 Å². The molecule has 1 aromatic heterocycles. The molecule has 0 saturated carbocycles. The van der Waals surface area contributed by atoms with Crippen molar-refractivity contribution in [2.24, 2.45) is 0 Å². The lowest BCUT2D eigenvalue weighted by Gasteiger charge is -2.07. The number of esters is 1. The molecule has 2 aromatic rings. The zero-order valence-corrected chi connectivity index (χ0v) is 12.6. The molecule has 7 heteroatoms. The molecule has 2 rings (SSSR count). The quantitative estimate of drug-likeness (QED) is 0.825. The Balaban J connectivity index is 1.89. The molecule has 1 heterocycles. The summed E-state index contributed by atoms with van der Waals surface area (Å²) in [6, 6.07) is 8.09. The van der Waals surface area contributed by atoms with Crippen molar-refractivity contribution < 1.29 is 19.1 Å². The Kier molecular flexibility index (Phi) is 5.26. The monoisotopic (exact) mass is 318 g/mol. The average molecular weight is 318 g/mol. The number of rotatable bonds is 5. The molecule has 0 bridgehead atoms. The summed E-state index contributed by atoms with van der Waals surface area (Å²) in [5.41, 5.74) is 1.30. The molecule has 0 radical (unpaired) electrons. The molecule has 2 amide bonds. The molecule has 1 aromatic carbocycles. The molecule has 6 nitrogen and oxygen atoms in total. The van der Waals surface area contributed by atoms with Crippen LogP contribution in [0.4, 0.5) is 5.69 Å².